The number of nitrogens with one attached hydrogen (secondary N) is 2. The van der Waals surface area contributed by atoms with Gasteiger partial charge in [-0.15, -0.1) is 0 Å². The van der Waals surface area contributed by atoms with Crippen LogP contribution in [-0.2, 0) is 28.2 Å². The molecule has 1 amide bonds. The normalized spacial score (nSPS) is 24.1. The molecule has 13 nitrogen and oxygen atoms in total. The molecule has 0 saturated carbocycles. The van der Waals surface area contributed by atoms with Crippen LogP contribution in [0.3, 0.4) is 0 Å². The predicted molar refractivity (Wildman–Crippen MR) is 150 cm³/mol. The van der Waals surface area contributed by atoms with Crippen LogP contribution >= 0.6 is 7.75 Å². The molecule has 6 atom stereocenters. The Bertz CT molecular complexity index is 1330. The first-order valence-electron chi connectivity index (χ1n) is 13.6. The SMILES string of the molecule is CCCC(=O)Nc1ccn([C@H]2O[C@H](CO)C(C)(COP(=O)(N[C@@H](C)C(=O)OC(C)C)Oc3ccccc3)C2F)c(=O)n1. The van der Waals surface area contributed by atoms with Gasteiger partial charge < -0.3 is 24.4 Å². The van der Waals surface area contributed by atoms with Crippen molar-refractivity contribution in [2.45, 2.75) is 78.1 Å². The molecule has 1 fully saturated rings. The van der Waals surface area contributed by atoms with Crippen LogP contribution in [0.25, 0.3) is 0 Å². The number of hydrogen-bond donors (Lipinski definition) is 3. The van der Waals surface area contributed by atoms with Crippen molar-refractivity contribution in [3.8, 4) is 5.75 Å². The van der Waals surface area contributed by atoms with Crippen LogP contribution in [0.5, 0.6) is 5.75 Å². The molecule has 1 aromatic heterocycles. The van der Waals surface area contributed by atoms with Crippen LogP contribution in [0.4, 0.5) is 10.2 Å². The summed E-state index contributed by atoms with van der Waals surface area (Å²) in [5, 5.41) is 15.1. The van der Waals surface area contributed by atoms with Crippen LogP contribution in [0, 0.1) is 5.41 Å². The van der Waals surface area contributed by atoms with Crippen molar-refractivity contribution in [3.63, 3.8) is 0 Å². The van der Waals surface area contributed by atoms with E-state index in [-0.39, 0.29) is 23.9 Å². The van der Waals surface area contributed by atoms with E-state index in [4.69, 9.17) is 18.5 Å². The molecule has 1 saturated heterocycles. The Morgan fingerprint density at radius 1 is 1.24 bits per heavy atom. The van der Waals surface area contributed by atoms with Gasteiger partial charge in [0.2, 0.25) is 5.91 Å². The predicted octanol–water partition coefficient (Wildman–Crippen LogP) is 3.35. The van der Waals surface area contributed by atoms with Gasteiger partial charge in [-0.1, -0.05) is 32.0 Å². The first-order chi connectivity index (χ1) is 19.8. The van der Waals surface area contributed by atoms with E-state index in [1.165, 1.54) is 38.2 Å². The lowest BCUT2D eigenvalue weighted by atomic mass is 9.82. The Balaban J connectivity index is 1.83. The zero-order valence-electron chi connectivity index (χ0n) is 24.2. The van der Waals surface area contributed by atoms with Crippen LogP contribution in [-0.4, -0.2) is 64.2 Å². The van der Waals surface area contributed by atoms with Gasteiger partial charge in [-0.25, -0.2) is 13.8 Å². The lowest BCUT2D eigenvalue weighted by Gasteiger charge is -2.32. The number of aliphatic hydroxyl groups is 1. The van der Waals surface area contributed by atoms with Gasteiger partial charge in [0, 0.05) is 12.6 Å². The largest absolute Gasteiger partial charge is 0.462 e. The summed E-state index contributed by atoms with van der Waals surface area (Å²) >= 11 is 0. The van der Waals surface area contributed by atoms with Crippen LogP contribution < -0.4 is 20.6 Å². The average Bonchev–Trinajstić information content (AvgIpc) is 3.17. The minimum atomic E-state index is -4.36. The molecule has 0 aliphatic carbocycles. The van der Waals surface area contributed by atoms with Crippen molar-refractivity contribution < 1.29 is 42.2 Å². The molecule has 2 heterocycles. The third-order valence-corrected chi connectivity index (χ3v) is 8.13. The van der Waals surface area contributed by atoms with E-state index in [9.17, 15) is 24.1 Å². The highest BCUT2D eigenvalue weighted by molar-refractivity contribution is 7.52. The molecule has 1 aliphatic heterocycles. The monoisotopic (exact) mass is 612 g/mol. The van der Waals surface area contributed by atoms with Crippen molar-refractivity contribution in [3.05, 3.63) is 53.1 Å². The zero-order valence-corrected chi connectivity index (χ0v) is 25.1. The van der Waals surface area contributed by atoms with E-state index in [0.717, 1.165) is 4.57 Å². The number of benzene rings is 1. The fourth-order valence-corrected chi connectivity index (χ4v) is 5.80. The van der Waals surface area contributed by atoms with Gasteiger partial charge >= 0.3 is 19.4 Å². The molecule has 3 rings (SSSR count). The van der Waals surface area contributed by atoms with E-state index in [2.05, 4.69) is 15.4 Å². The highest BCUT2D eigenvalue weighted by atomic mass is 31.2. The fraction of sp³-hybridized carbons (Fsp3) is 0.556. The second-order valence-corrected chi connectivity index (χ2v) is 12.1. The topological polar surface area (TPSA) is 167 Å². The summed E-state index contributed by atoms with van der Waals surface area (Å²) in [4.78, 5) is 40.8. The molecule has 0 bridgehead atoms. The molecule has 232 valence electrons. The number of amides is 1. The first kappa shape index (κ1) is 33.3. The third-order valence-electron chi connectivity index (χ3n) is 6.51. The standard InChI is InChI=1S/C27H38FN4O9P/c1-6-10-22(34)29-21-13-14-32(26(36)30-21)24-23(28)27(5,20(15-33)40-24)16-38-42(37,41-19-11-8-7-9-12-19)31-18(4)25(35)39-17(2)3/h7-9,11-14,17-18,20,23-24,33H,6,10,15-16H2,1-5H3,(H,31,37)(H,29,30,34,36)/t18-,20+,23?,24-,27?,42?/m0/s1. The van der Waals surface area contributed by atoms with Crippen LogP contribution in [0.2, 0.25) is 0 Å². The Morgan fingerprint density at radius 3 is 2.52 bits per heavy atom. The molecule has 3 unspecified atom stereocenters. The Labute approximate surface area is 243 Å². The van der Waals surface area contributed by atoms with Crippen LogP contribution in [0.1, 0.15) is 53.7 Å². The second-order valence-electron chi connectivity index (χ2n) is 10.4. The molecular weight excluding hydrogens is 574 g/mol. The highest BCUT2D eigenvalue weighted by Crippen LogP contribution is 2.51. The number of esters is 1. The Morgan fingerprint density at radius 2 is 1.93 bits per heavy atom. The van der Waals surface area contributed by atoms with E-state index in [1.807, 2.05) is 6.92 Å². The van der Waals surface area contributed by atoms with Gasteiger partial charge in [0.25, 0.3) is 0 Å². The van der Waals surface area contributed by atoms with E-state index >= 15 is 4.39 Å². The lowest BCUT2D eigenvalue weighted by Crippen LogP contribution is -2.43. The number of halogens is 1. The summed E-state index contributed by atoms with van der Waals surface area (Å²) in [6.07, 6.45) is -3.03. The number of aliphatic hydroxyl groups excluding tert-OH is 1. The third kappa shape index (κ3) is 8.23. The molecule has 2 aromatic rings. The first-order valence-corrected chi connectivity index (χ1v) is 15.1. The number of nitrogens with zero attached hydrogens (tertiary/aromatic N) is 2. The fourth-order valence-electron chi connectivity index (χ4n) is 4.19. The maximum Gasteiger partial charge on any atom is 0.459 e. The van der Waals surface area contributed by atoms with Crippen LogP contribution in [0.15, 0.2) is 47.4 Å². The average molecular weight is 613 g/mol. The Kier molecular flexibility index (Phi) is 11.4. The molecular formula is C27H38FN4O9P. The number of carbonyl (C=O) groups excluding carboxylic acids is 2. The van der Waals surface area contributed by atoms with Gasteiger partial charge in [-0.3, -0.25) is 18.7 Å². The molecule has 1 aromatic carbocycles. The lowest BCUT2D eigenvalue weighted by molar-refractivity contribution is -0.149. The maximum atomic E-state index is 16.1. The number of hydrogen-bond acceptors (Lipinski definition) is 10. The summed E-state index contributed by atoms with van der Waals surface area (Å²) in [6, 6.07) is 8.23. The van der Waals surface area contributed by atoms with Crippen molar-refractivity contribution in [2.24, 2.45) is 5.41 Å². The summed E-state index contributed by atoms with van der Waals surface area (Å²) in [6.45, 7) is 6.70. The highest BCUT2D eigenvalue weighted by Gasteiger charge is 2.56. The zero-order chi connectivity index (χ0) is 31.1. The number of para-hydroxylation sites is 1. The summed E-state index contributed by atoms with van der Waals surface area (Å²) in [5.41, 5.74) is -2.53. The molecule has 15 heteroatoms. The van der Waals surface area contributed by atoms with Gasteiger partial charge in [-0.2, -0.15) is 10.1 Å². The van der Waals surface area contributed by atoms with Gasteiger partial charge in [-0.05, 0) is 45.4 Å². The Hall–Kier alpha value is -3.16. The number of ether oxygens (including phenoxy) is 2. The summed E-state index contributed by atoms with van der Waals surface area (Å²) in [5.74, 6) is -0.875. The summed E-state index contributed by atoms with van der Waals surface area (Å²) < 4.78 is 53.0. The smallest absolute Gasteiger partial charge is 0.459 e. The minimum Gasteiger partial charge on any atom is -0.462 e. The number of alkyl halides is 1. The summed E-state index contributed by atoms with van der Waals surface area (Å²) in [7, 11) is -4.36. The molecule has 1 aliphatic rings. The van der Waals surface area contributed by atoms with E-state index in [0.29, 0.717) is 6.42 Å². The van der Waals surface area contributed by atoms with Gasteiger partial charge in [0.05, 0.1) is 30.8 Å². The second kappa shape index (κ2) is 14.3. The maximum absolute atomic E-state index is 16.1. The quantitative estimate of drug-likeness (QED) is 0.211. The van der Waals surface area contributed by atoms with E-state index < -0.39 is 68.7 Å². The number of anilines is 1. The number of carbonyl (C=O) groups is 2. The van der Waals surface area contributed by atoms with Gasteiger partial charge in [0.15, 0.2) is 12.4 Å². The minimum absolute atomic E-state index is 0.00287. The number of rotatable bonds is 14. The molecule has 0 spiro atoms. The van der Waals surface area contributed by atoms with Gasteiger partial charge in [0.1, 0.15) is 17.6 Å². The number of aromatic nitrogens is 2. The van der Waals surface area contributed by atoms with Crippen molar-refractivity contribution >= 4 is 25.4 Å². The van der Waals surface area contributed by atoms with E-state index in [1.54, 1.807) is 32.0 Å². The molecule has 42 heavy (non-hydrogen) atoms. The van der Waals surface area contributed by atoms with Crippen molar-refractivity contribution in [1.82, 2.24) is 14.6 Å². The van der Waals surface area contributed by atoms with Crippen molar-refractivity contribution in [2.75, 3.05) is 18.5 Å². The molecule has 3 N–H and O–H groups in total. The molecule has 0 radical (unpaired) electrons. The van der Waals surface area contributed by atoms with Crippen molar-refractivity contribution in [1.29, 1.82) is 0 Å².